The molecule has 5 heterocycles. The molecule has 0 atom stereocenters. The average Bonchev–Trinajstić information content (AvgIpc) is 3.00. The van der Waals surface area contributed by atoms with Crippen molar-refractivity contribution in [3.8, 4) is 0 Å². The predicted octanol–water partition coefficient (Wildman–Crippen LogP) is 0.620. The number of anilines is 2. The Hall–Kier alpha value is -2.81. The van der Waals surface area contributed by atoms with Crippen LogP contribution in [0.1, 0.15) is 17.1 Å². The summed E-state index contributed by atoms with van der Waals surface area (Å²) in [5.41, 5.74) is 3.01. The van der Waals surface area contributed by atoms with E-state index in [1.165, 1.54) is 0 Å². The molecule has 2 aliphatic heterocycles. The topological polar surface area (TPSA) is 84.6 Å². The number of nitrogens with zero attached hydrogens (tertiary/aromatic N) is 8. The molecule has 0 radical (unpaired) electrons. The maximum atomic E-state index is 5.61. The zero-order chi connectivity index (χ0) is 17.7. The lowest BCUT2D eigenvalue weighted by Crippen LogP contribution is -2.59. The highest BCUT2D eigenvalue weighted by Crippen LogP contribution is 2.28. The van der Waals surface area contributed by atoms with Crippen molar-refractivity contribution in [2.45, 2.75) is 26.0 Å². The van der Waals surface area contributed by atoms with E-state index in [0.717, 1.165) is 60.5 Å². The van der Waals surface area contributed by atoms with E-state index in [0.29, 0.717) is 12.6 Å². The van der Waals surface area contributed by atoms with Crippen LogP contribution in [0.3, 0.4) is 0 Å². The molecule has 1 saturated heterocycles. The van der Waals surface area contributed by atoms with Gasteiger partial charge in [-0.15, -0.1) is 15.3 Å². The van der Waals surface area contributed by atoms with Gasteiger partial charge in [0.15, 0.2) is 11.5 Å². The summed E-state index contributed by atoms with van der Waals surface area (Å²) in [5, 5.41) is 12.8. The number of aromatic nitrogens is 6. The van der Waals surface area contributed by atoms with Crippen molar-refractivity contribution < 1.29 is 4.74 Å². The summed E-state index contributed by atoms with van der Waals surface area (Å²) >= 11 is 0. The number of aryl methyl sites for hydroxylation is 1. The van der Waals surface area contributed by atoms with E-state index in [4.69, 9.17) is 4.74 Å². The lowest BCUT2D eigenvalue weighted by Gasteiger charge is -2.45. The van der Waals surface area contributed by atoms with E-state index >= 15 is 0 Å². The summed E-state index contributed by atoms with van der Waals surface area (Å²) in [7, 11) is 2.10. The van der Waals surface area contributed by atoms with Crippen molar-refractivity contribution in [3.05, 3.63) is 35.5 Å². The van der Waals surface area contributed by atoms with Crippen LogP contribution in [0.25, 0.3) is 5.65 Å². The summed E-state index contributed by atoms with van der Waals surface area (Å²) in [6.07, 6.45) is 2.52. The maximum Gasteiger partial charge on any atom is 0.178 e. The Morgan fingerprint density at radius 2 is 2.08 bits per heavy atom. The molecule has 0 saturated carbocycles. The summed E-state index contributed by atoms with van der Waals surface area (Å²) in [5.74, 6) is 2.72. The first-order valence-corrected chi connectivity index (χ1v) is 8.78. The molecule has 0 spiro atoms. The highest BCUT2D eigenvalue weighted by molar-refractivity contribution is 5.54. The van der Waals surface area contributed by atoms with Crippen LogP contribution in [0, 0.1) is 6.92 Å². The molecule has 0 amide bonds. The zero-order valence-corrected chi connectivity index (χ0v) is 14.8. The minimum atomic E-state index is 0.385. The van der Waals surface area contributed by atoms with Crippen molar-refractivity contribution in [1.82, 2.24) is 29.8 Å². The van der Waals surface area contributed by atoms with Crippen molar-refractivity contribution >= 4 is 17.3 Å². The largest absolute Gasteiger partial charge is 0.376 e. The fourth-order valence-electron chi connectivity index (χ4n) is 3.56. The first-order chi connectivity index (χ1) is 12.7. The molecule has 9 nitrogen and oxygen atoms in total. The molecule has 0 aromatic carbocycles. The summed E-state index contributed by atoms with van der Waals surface area (Å²) in [4.78, 5) is 13.4. The fraction of sp³-hybridized carbons (Fsp3) is 0.471. The third-order valence-corrected chi connectivity index (χ3v) is 5.21. The molecular formula is C17H20N8O. The standard InChI is InChI=1S/C17H20N8O/c1-11-20-21-15-3-4-16(22-25(11)15)24-7-12(8-24)23(2)17-13-9-26-6-5-14(13)18-10-19-17/h3-4,10,12H,5-9H2,1-2H3. The second-order valence-electron chi connectivity index (χ2n) is 6.80. The Kier molecular flexibility index (Phi) is 3.49. The maximum absolute atomic E-state index is 5.61. The molecule has 0 bridgehead atoms. The van der Waals surface area contributed by atoms with Gasteiger partial charge in [0.1, 0.15) is 18.0 Å². The summed E-state index contributed by atoms with van der Waals surface area (Å²) < 4.78 is 7.39. The molecule has 0 N–H and O–H groups in total. The molecule has 134 valence electrons. The molecule has 0 aliphatic carbocycles. The number of ether oxygens (including phenoxy) is 1. The van der Waals surface area contributed by atoms with Crippen molar-refractivity contribution in [2.24, 2.45) is 0 Å². The van der Waals surface area contributed by atoms with Crippen molar-refractivity contribution in [2.75, 3.05) is 36.5 Å². The van der Waals surface area contributed by atoms with E-state index in [1.807, 2.05) is 19.1 Å². The lowest BCUT2D eigenvalue weighted by atomic mass is 10.1. The van der Waals surface area contributed by atoms with Crippen molar-refractivity contribution in [1.29, 1.82) is 0 Å². The van der Waals surface area contributed by atoms with Gasteiger partial charge >= 0.3 is 0 Å². The summed E-state index contributed by atoms with van der Waals surface area (Å²) in [6.45, 7) is 5.04. The number of likely N-dealkylation sites (N-methyl/N-ethyl adjacent to an activating group) is 1. The lowest BCUT2D eigenvalue weighted by molar-refractivity contribution is 0.109. The first-order valence-electron chi connectivity index (χ1n) is 8.78. The van der Waals surface area contributed by atoms with Gasteiger partial charge in [-0.25, -0.2) is 9.97 Å². The Bertz CT molecular complexity index is 965. The summed E-state index contributed by atoms with van der Waals surface area (Å²) in [6, 6.07) is 4.34. The van der Waals surface area contributed by atoms with E-state index in [-0.39, 0.29) is 0 Å². The molecular weight excluding hydrogens is 332 g/mol. The Labute approximate surface area is 150 Å². The monoisotopic (exact) mass is 352 g/mol. The van der Waals surface area contributed by atoms with E-state index in [9.17, 15) is 0 Å². The minimum absolute atomic E-state index is 0.385. The van der Waals surface area contributed by atoms with Gasteiger partial charge in [-0.05, 0) is 19.1 Å². The fourth-order valence-corrected chi connectivity index (χ4v) is 3.56. The quantitative estimate of drug-likeness (QED) is 0.678. The molecule has 3 aromatic rings. The Morgan fingerprint density at radius 1 is 1.19 bits per heavy atom. The number of rotatable bonds is 3. The molecule has 2 aliphatic rings. The van der Waals surface area contributed by atoms with Crippen LogP contribution in [0.5, 0.6) is 0 Å². The Morgan fingerprint density at radius 3 is 2.96 bits per heavy atom. The van der Waals surface area contributed by atoms with Crippen LogP contribution in [0.2, 0.25) is 0 Å². The van der Waals surface area contributed by atoms with Gasteiger partial charge in [0, 0.05) is 32.1 Å². The van der Waals surface area contributed by atoms with Gasteiger partial charge in [-0.1, -0.05) is 0 Å². The van der Waals surface area contributed by atoms with Crippen LogP contribution >= 0.6 is 0 Å². The van der Waals surface area contributed by atoms with E-state index < -0.39 is 0 Å². The average molecular weight is 352 g/mol. The molecule has 1 fully saturated rings. The van der Waals surface area contributed by atoms with E-state index in [2.05, 4.69) is 42.1 Å². The smallest absolute Gasteiger partial charge is 0.178 e. The Balaban J connectivity index is 1.34. The number of hydrogen-bond donors (Lipinski definition) is 0. The van der Waals surface area contributed by atoms with Gasteiger partial charge < -0.3 is 14.5 Å². The normalized spacial score (nSPS) is 17.2. The molecule has 9 heteroatoms. The highest BCUT2D eigenvalue weighted by atomic mass is 16.5. The zero-order valence-electron chi connectivity index (χ0n) is 14.8. The van der Waals surface area contributed by atoms with E-state index in [1.54, 1.807) is 10.8 Å². The second-order valence-corrected chi connectivity index (χ2v) is 6.80. The molecule has 3 aromatic heterocycles. The van der Waals surface area contributed by atoms with Gasteiger partial charge in [0.05, 0.1) is 24.9 Å². The SMILES string of the molecule is Cc1nnc2ccc(N3CC(N(C)c4ncnc5c4COCC5)C3)nn12. The van der Waals surface area contributed by atoms with Crippen LogP contribution in [0.4, 0.5) is 11.6 Å². The van der Waals surface area contributed by atoms with Crippen LogP contribution in [0.15, 0.2) is 18.5 Å². The predicted molar refractivity (Wildman–Crippen MR) is 95.3 cm³/mol. The van der Waals surface area contributed by atoms with Gasteiger partial charge in [-0.2, -0.15) is 4.52 Å². The van der Waals surface area contributed by atoms with Gasteiger partial charge in [0.25, 0.3) is 0 Å². The van der Waals surface area contributed by atoms with Gasteiger partial charge in [0.2, 0.25) is 0 Å². The first kappa shape index (κ1) is 15.4. The third-order valence-electron chi connectivity index (χ3n) is 5.21. The highest BCUT2D eigenvalue weighted by Gasteiger charge is 2.33. The van der Waals surface area contributed by atoms with Crippen LogP contribution in [-0.2, 0) is 17.8 Å². The second kappa shape index (κ2) is 5.87. The van der Waals surface area contributed by atoms with Gasteiger partial charge in [-0.3, -0.25) is 0 Å². The van der Waals surface area contributed by atoms with Crippen LogP contribution in [-0.4, -0.2) is 62.6 Å². The minimum Gasteiger partial charge on any atom is -0.376 e. The van der Waals surface area contributed by atoms with Crippen molar-refractivity contribution in [3.63, 3.8) is 0 Å². The molecule has 0 unspecified atom stereocenters. The third kappa shape index (κ3) is 2.38. The number of fused-ring (bicyclic) bond motifs is 2. The molecule has 26 heavy (non-hydrogen) atoms. The van der Waals surface area contributed by atoms with Crippen LogP contribution < -0.4 is 9.80 Å². The number of hydrogen-bond acceptors (Lipinski definition) is 8. The molecule has 5 rings (SSSR count).